The molecular weight excluding hydrogens is 495 g/mol. The molecule has 189 valence electrons. The topological polar surface area (TPSA) is 58.4 Å². The van der Waals surface area contributed by atoms with Crippen LogP contribution >= 0.6 is 0 Å². The second-order valence-corrected chi connectivity index (χ2v) is 10.3. The van der Waals surface area contributed by atoms with Gasteiger partial charge in [-0.05, 0) is 42.2 Å². The fraction of sp³-hybridized carbons (Fsp3) is 0.655. The van der Waals surface area contributed by atoms with E-state index in [9.17, 15) is 4.79 Å². The zero-order valence-corrected chi connectivity index (χ0v) is 24.9. The van der Waals surface area contributed by atoms with Crippen LogP contribution in [0.5, 0.6) is 0 Å². The third-order valence-electron chi connectivity index (χ3n) is 7.83. The third-order valence-corrected chi connectivity index (χ3v) is 7.83. The van der Waals surface area contributed by atoms with Gasteiger partial charge < -0.3 is 18.5 Å². The van der Waals surface area contributed by atoms with Crippen LogP contribution in [0.15, 0.2) is 36.7 Å². The van der Waals surface area contributed by atoms with E-state index in [2.05, 4.69) is 37.9 Å². The Labute approximate surface area is 234 Å². The molecule has 1 aliphatic heterocycles. The standard InChI is InChI=1S/C28H45N3O.CH3.Y/c1-4-9-23(5-2)16-17-28(18-24-10-7-6-8-11-24)19-27(32)31(22(3)30-28)21-26-14-12-25(20-29)13-15-26;;/h12-15,23-24,30H,3-11,16-21,29H2,1-2H3;1H3;/q;-1;. The Kier molecular flexibility index (Phi) is 14.2. The van der Waals surface area contributed by atoms with E-state index < -0.39 is 0 Å². The van der Waals surface area contributed by atoms with Gasteiger partial charge in [0.15, 0.2) is 0 Å². The molecule has 0 bridgehead atoms. The minimum absolute atomic E-state index is 0. The van der Waals surface area contributed by atoms with Crippen LogP contribution < -0.4 is 11.1 Å². The maximum Gasteiger partial charge on any atom is 0.230 e. The predicted octanol–water partition coefficient (Wildman–Crippen LogP) is 6.70. The summed E-state index contributed by atoms with van der Waals surface area (Å²) in [6.45, 7) is 10.0. The maximum absolute atomic E-state index is 13.4. The van der Waals surface area contributed by atoms with Crippen molar-refractivity contribution < 1.29 is 37.5 Å². The fourth-order valence-corrected chi connectivity index (χ4v) is 5.86. The van der Waals surface area contributed by atoms with E-state index in [-0.39, 0.29) is 51.6 Å². The van der Waals surface area contributed by atoms with Gasteiger partial charge in [-0.25, -0.2) is 0 Å². The summed E-state index contributed by atoms with van der Waals surface area (Å²) >= 11 is 0. The van der Waals surface area contributed by atoms with E-state index in [0.29, 0.717) is 19.5 Å². The third kappa shape index (κ3) is 8.75. The molecule has 2 atom stereocenters. The molecule has 1 heterocycles. The number of hydrogen-bond donors (Lipinski definition) is 2. The smallest absolute Gasteiger partial charge is 0.230 e. The molecule has 0 spiro atoms. The van der Waals surface area contributed by atoms with Crippen LogP contribution in [-0.2, 0) is 50.6 Å². The molecule has 34 heavy (non-hydrogen) atoms. The van der Waals surface area contributed by atoms with Crippen molar-refractivity contribution >= 4 is 5.91 Å². The molecule has 5 heteroatoms. The van der Waals surface area contributed by atoms with Crippen molar-refractivity contribution in [3.05, 3.63) is 55.2 Å². The first-order chi connectivity index (χ1) is 15.5. The van der Waals surface area contributed by atoms with Gasteiger partial charge in [-0.2, -0.15) is 0 Å². The van der Waals surface area contributed by atoms with Gasteiger partial charge in [-0.3, -0.25) is 9.69 Å². The fourth-order valence-electron chi connectivity index (χ4n) is 5.86. The van der Waals surface area contributed by atoms with Crippen LogP contribution in [0.25, 0.3) is 0 Å². The van der Waals surface area contributed by atoms with E-state index in [0.717, 1.165) is 41.6 Å². The van der Waals surface area contributed by atoms with Crippen molar-refractivity contribution in [2.24, 2.45) is 17.6 Å². The van der Waals surface area contributed by atoms with Gasteiger partial charge >= 0.3 is 0 Å². The SMILES string of the molecule is C=C1NC(CCC(CC)CCC)(CC2CCCCC2)CC(=O)N1Cc1ccc(CN)cc1.[CH3-].[Y]. The predicted molar refractivity (Wildman–Crippen MR) is 140 cm³/mol. The molecule has 1 amide bonds. The van der Waals surface area contributed by atoms with Crippen molar-refractivity contribution in [3.63, 3.8) is 0 Å². The van der Waals surface area contributed by atoms with Gasteiger partial charge in [-0.1, -0.05) is 96.1 Å². The van der Waals surface area contributed by atoms with Crippen LogP contribution in [-0.4, -0.2) is 16.3 Å². The zero-order valence-electron chi connectivity index (χ0n) is 22.1. The number of hydrogen-bond acceptors (Lipinski definition) is 3. The number of carbonyl (C=O) groups is 1. The Morgan fingerprint density at radius 1 is 1.12 bits per heavy atom. The number of rotatable bonds is 11. The Balaban J connectivity index is 0.00000289. The number of nitrogens with one attached hydrogen (secondary N) is 1. The van der Waals surface area contributed by atoms with Crippen molar-refractivity contribution in [3.8, 4) is 0 Å². The average molecular weight is 544 g/mol. The van der Waals surface area contributed by atoms with Crippen molar-refractivity contribution in [1.29, 1.82) is 0 Å². The van der Waals surface area contributed by atoms with E-state index in [1.165, 1.54) is 57.8 Å². The summed E-state index contributed by atoms with van der Waals surface area (Å²) in [7, 11) is 0. The number of amides is 1. The van der Waals surface area contributed by atoms with E-state index >= 15 is 0 Å². The summed E-state index contributed by atoms with van der Waals surface area (Å²) in [5.41, 5.74) is 7.83. The van der Waals surface area contributed by atoms with Gasteiger partial charge in [0, 0.05) is 44.8 Å². The molecule has 2 aliphatic rings. The van der Waals surface area contributed by atoms with Gasteiger partial charge in [0.2, 0.25) is 5.91 Å². The Bertz CT molecular complexity index is 724. The molecular formula is C29H48N3OY-. The molecule has 2 fully saturated rings. The summed E-state index contributed by atoms with van der Waals surface area (Å²) < 4.78 is 0. The quantitative estimate of drug-likeness (QED) is 0.305. The van der Waals surface area contributed by atoms with Crippen LogP contribution in [0.4, 0.5) is 0 Å². The van der Waals surface area contributed by atoms with Gasteiger partial charge in [-0.15, -0.1) is 0 Å². The molecule has 1 saturated heterocycles. The second kappa shape index (κ2) is 15.4. The largest absolute Gasteiger partial charge is 0.366 e. The first-order valence-corrected chi connectivity index (χ1v) is 13.0. The summed E-state index contributed by atoms with van der Waals surface area (Å²) in [4.78, 5) is 15.3. The van der Waals surface area contributed by atoms with E-state index in [4.69, 9.17) is 5.73 Å². The maximum atomic E-state index is 13.4. The van der Waals surface area contributed by atoms with Crippen molar-refractivity contribution in [1.82, 2.24) is 10.2 Å². The number of benzene rings is 1. The Morgan fingerprint density at radius 3 is 2.32 bits per heavy atom. The monoisotopic (exact) mass is 543 g/mol. The number of carbonyl (C=O) groups excluding carboxylic acids is 1. The molecule has 3 rings (SSSR count). The van der Waals surface area contributed by atoms with Crippen LogP contribution in [0.2, 0.25) is 0 Å². The van der Waals surface area contributed by atoms with Gasteiger partial charge in [0.05, 0.1) is 13.0 Å². The van der Waals surface area contributed by atoms with Gasteiger partial charge in [0.25, 0.3) is 0 Å². The molecule has 4 nitrogen and oxygen atoms in total. The van der Waals surface area contributed by atoms with Crippen LogP contribution in [0, 0.1) is 19.3 Å². The van der Waals surface area contributed by atoms with E-state index in [1.54, 1.807) is 0 Å². The summed E-state index contributed by atoms with van der Waals surface area (Å²) in [6, 6.07) is 8.24. The van der Waals surface area contributed by atoms with E-state index in [1.807, 2.05) is 17.0 Å². The van der Waals surface area contributed by atoms with Crippen molar-refractivity contribution in [2.75, 3.05) is 0 Å². The normalized spacial score (nSPS) is 21.9. The minimum Gasteiger partial charge on any atom is -0.366 e. The van der Waals surface area contributed by atoms with Crippen molar-refractivity contribution in [2.45, 2.75) is 110 Å². The molecule has 1 aliphatic carbocycles. The first kappa shape index (κ1) is 31.3. The molecule has 0 aromatic heterocycles. The summed E-state index contributed by atoms with van der Waals surface area (Å²) in [6.07, 6.45) is 14.4. The molecule has 1 saturated carbocycles. The van der Waals surface area contributed by atoms with Crippen LogP contribution in [0.3, 0.4) is 0 Å². The molecule has 1 radical (unpaired) electrons. The minimum atomic E-state index is -0.128. The molecule has 1 aromatic carbocycles. The Morgan fingerprint density at radius 2 is 1.76 bits per heavy atom. The average Bonchev–Trinajstić information content (AvgIpc) is 2.80. The molecule has 2 unspecified atom stereocenters. The van der Waals surface area contributed by atoms with Gasteiger partial charge in [0.1, 0.15) is 5.82 Å². The first-order valence-electron chi connectivity index (χ1n) is 13.0. The second-order valence-electron chi connectivity index (χ2n) is 10.3. The summed E-state index contributed by atoms with van der Waals surface area (Å²) in [5, 5.41) is 3.81. The summed E-state index contributed by atoms with van der Waals surface area (Å²) in [5.74, 6) is 2.49. The molecule has 1 aromatic rings. The number of nitrogens with two attached hydrogens (primary N) is 1. The Hall–Kier alpha value is -0.706. The molecule has 3 N–H and O–H groups in total. The zero-order chi connectivity index (χ0) is 23.0. The van der Waals surface area contributed by atoms with Crippen LogP contribution in [0.1, 0.15) is 102 Å². The number of nitrogens with zero attached hydrogens (tertiary/aromatic N) is 1.